The fourth-order valence-electron chi connectivity index (χ4n) is 3.73. The maximum atomic E-state index is 14.2. The molecule has 0 aliphatic carbocycles. The highest BCUT2D eigenvalue weighted by molar-refractivity contribution is 7.89. The van der Waals surface area contributed by atoms with E-state index in [1.165, 1.54) is 4.31 Å². The van der Waals surface area contributed by atoms with Crippen molar-refractivity contribution in [2.24, 2.45) is 0 Å². The molecule has 0 spiro atoms. The SMILES string of the molecule is CCN(CC)S(=O)(=O)c1ccc(F)c(C(=O)OCC(=O)N2[C@H](C)CCC[C@H]2C)c1. The zero-order valence-electron chi connectivity index (χ0n) is 17.4. The molecule has 0 unspecified atom stereocenters. The molecule has 1 aliphatic heterocycles. The number of ether oxygens (including phenoxy) is 1. The first-order valence-electron chi connectivity index (χ1n) is 9.91. The fraction of sp³-hybridized carbons (Fsp3) is 0.600. The number of carbonyl (C=O) groups excluding carboxylic acids is 2. The summed E-state index contributed by atoms with van der Waals surface area (Å²) in [5, 5.41) is 0. The molecule has 0 N–H and O–H groups in total. The number of hydrogen-bond donors (Lipinski definition) is 0. The third kappa shape index (κ3) is 5.14. The Balaban J connectivity index is 2.16. The second kappa shape index (κ2) is 9.67. The monoisotopic (exact) mass is 428 g/mol. The van der Waals surface area contributed by atoms with Gasteiger partial charge in [-0.1, -0.05) is 13.8 Å². The second-order valence-electron chi connectivity index (χ2n) is 7.24. The normalized spacial score (nSPS) is 20.0. The number of amides is 1. The molecule has 2 rings (SSSR count). The zero-order chi connectivity index (χ0) is 21.8. The summed E-state index contributed by atoms with van der Waals surface area (Å²) < 4.78 is 45.6. The van der Waals surface area contributed by atoms with E-state index < -0.39 is 34.0 Å². The van der Waals surface area contributed by atoms with Crippen LogP contribution < -0.4 is 0 Å². The highest BCUT2D eigenvalue weighted by Crippen LogP contribution is 2.23. The van der Waals surface area contributed by atoms with Crippen molar-refractivity contribution in [2.45, 2.75) is 63.9 Å². The van der Waals surface area contributed by atoms with Crippen LogP contribution in [0.4, 0.5) is 4.39 Å². The topological polar surface area (TPSA) is 84.0 Å². The average Bonchev–Trinajstić information content (AvgIpc) is 2.66. The van der Waals surface area contributed by atoms with E-state index in [0.717, 1.165) is 37.5 Å². The Morgan fingerprint density at radius 1 is 1.17 bits per heavy atom. The lowest BCUT2D eigenvalue weighted by atomic mass is 9.97. The molecule has 0 bridgehead atoms. The Bertz CT molecular complexity index is 844. The molecule has 2 atom stereocenters. The Kier molecular flexibility index (Phi) is 7.76. The summed E-state index contributed by atoms with van der Waals surface area (Å²) >= 11 is 0. The van der Waals surface area contributed by atoms with Crippen molar-refractivity contribution < 1.29 is 27.1 Å². The van der Waals surface area contributed by atoms with Crippen LogP contribution in [0, 0.1) is 5.82 Å². The summed E-state index contributed by atoms with van der Waals surface area (Å²) in [5.41, 5.74) is -0.509. The largest absolute Gasteiger partial charge is 0.452 e. The van der Waals surface area contributed by atoms with E-state index in [2.05, 4.69) is 0 Å². The smallest absolute Gasteiger partial charge is 0.341 e. The minimum absolute atomic E-state index is 0.0456. The number of nitrogens with zero attached hydrogens (tertiary/aromatic N) is 2. The standard InChI is InChI=1S/C20H29FN2O5S/c1-5-22(6-2)29(26,27)16-10-11-18(21)17(12-16)20(25)28-13-19(24)23-14(3)8-7-9-15(23)4/h10-12,14-15H,5-9,13H2,1-4H3/t14-,15-/m1/s1. The summed E-state index contributed by atoms with van der Waals surface area (Å²) in [4.78, 5) is 26.3. The molecule has 0 saturated carbocycles. The van der Waals surface area contributed by atoms with Crippen LogP contribution in [0.3, 0.4) is 0 Å². The Labute approximate surface area is 171 Å². The molecule has 1 aromatic rings. The minimum Gasteiger partial charge on any atom is -0.452 e. The lowest BCUT2D eigenvalue weighted by molar-refractivity contribution is -0.140. The summed E-state index contributed by atoms with van der Waals surface area (Å²) in [5.74, 6) is -2.31. The molecule has 9 heteroatoms. The van der Waals surface area contributed by atoms with E-state index in [4.69, 9.17) is 4.74 Å². The first-order chi connectivity index (χ1) is 13.6. The van der Waals surface area contributed by atoms with Gasteiger partial charge in [0, 0.05) is 25.2 Å². The zero-order valence-corrected chi connectivity index (χ0v) is 18.2. The number of esters is 1. The second-order valence-corrected chi connectivity index (χ2v) is 9.18. The van der Waals surface area contributed by atoms with Crippen LogP contribution in [0.2, 0.25) is 0 Å². The van der Waals surface area contributed by atoms with Crippen molar-refractivity contribution in [3.05, 3.63) is 29.6 Å². The number of likely N-dealkylation sites (tertiary alicyclic amines) is 1. The molecule has 7 nitrogen and oxygen atoms in total. The van der Waals surface area contributed by atoms with Gasteiger partial charge in [-0.2, -0.15) is 4.31 Å². The maximum Gasteiger partial charge on any atom is 0.341 e. The van der Waals surface area contributed by atoms with Gasteiger partial charge < -0.3 is 9.64 Å². The first-order valence-corrected chi connectivity index (χ1v) is 11.3. The van der Waals surface area contributed by atoms with E-state index in [9.17, 15) is 22.4 Å². The first kappa shape index (κ1) is 23.3. The lowest BCUT2D eigenvalue weighted by Crippen LogP contribution is -2.49. The number of carbonyl (C=O) groups is 2. The summed E-state index contributed by atoms with van der Waals surface area (Å²) in [7, 11) is -3.85. The van der Waals surface area contributed by atoms with Crippen molar-refractivity contribution in [3.8, 4) is 0 Å². The van der Waals surface area contributed by atoms with Crippen LogP contribution in [-0.2, 0) is 19.6 Å². The van der Waals surface area contributed by atoms with Gasteiger partial charge in [-0.05, 0) is 51.3 Å². The van der Waals surface area contributed by atoms with Crippen molar-refractivity contribution in [2.75, 3.05) is 19.7 Å². The van der Waals surface area contributed by atoms with Crippen LogP contribution in [0.15, 0.2) is 23.1 Å². The third-order valence-electron chi connectivity index (χ3n) is 5.31. The molecule has 162 valence electrons. The molecule has 1 aromatic carbocycles. The highest BCUT2D eigenvalue weighted by atomic mass is 32.2. The molecule has 1 amide bonds. The minimum atomic E-state index is -3.85. The number of piperidine rings is 1. The van der Waals surface area contributed by atoms with E-state index in [1.54, 1.807) is 18.7 Å². The van der Waals surface area contributed by atoms with Gasteiger partial charge in [0.1, 0.15) is 5.82 Å². The van der Waals surface area contributed by atoms with Gasteiger partial charge >= 0.3 is 5.97 Å². The van der Waals surface area contributed by atoms with Crippen LogP contribution in [-0.4, -0.2) is 61.3 Å². The van der Waals surface area contributed by atoms with E-state index in [-0.39, 0.29) is 36.0 Å². The van der Waals surface area contributed by atoms with Gasteiger partial charge in [0.25, 0.3) is 5.91 Å². The molecule has 1 fully saturated rings. The Morgan fingerprint density at radius 3 is 2.31 bits per heavy atom. The van der Waals surface area contributed by atoms with Crippen molar-refractivity contribution >= 4 is 21.9 Å². The van der Waals surface area contributed by atoms with Crippen LogP contribution >= 0.6 is 0 Å². The number of rotatable bonds is 7. The predicted molar refractivity (Wildman–Crippen MR) is 106 cm³/mol. The fourth-order valence-corrected chi connectivity index (χ4v) is 5.21. The van der Waals surface area contributed by atoms with E-state index in [0.29, 0.717) is 0 Å². The lowest BCUT2D eigenvalue weighted by Gasteiger charge is -2.38. The summed E-state index contributed by atoms with van der Waals surface area (Å²) in [6.45, 7) is 7.24. The number of sulfonamides is 1. The van der Waals surface area contributed by atoms with Gasteiger partial charge in [-0.3, -0.25) is 4.79 Å². The van der Waals surface area contributed by atoms with Crippen LogP contribution in [0.25, 0.3) is 0 Å². The van der Waals surface area contributed by atoms with Gasteiger partial charge in [0.05, 0.1) is 10.5 Å². The molecular weight excluding hydrogens is 399 g/mol. The molecular formula is C20H29FN2O5S. The molecule has 1 aliphatic rings. The number of hydrogen-bond acceptors (Lipinski definition) is 5. The average molecular weight is 429 g/mol. The highest BCUT2D eigenvalue weighted by Gasteiger charge is 2.30. The number of halogens is 1. The van der Waals surface area contributed by atoms with Crippen LogP contribution in [0.1, 0.15) is 57.3 Å². The summed E-state index contributed by atoms with van der Waals surface area (Å²) in [6, 6.07) is 3.08. The molecule has 0 aromatic heterocycles. The quantitative estimate of drug-likeness (QED) is 0.624. The molecule has 1 heterocycles. The third-order valence-corrected chi connectivity index (χ3v) is 7.36. The molecule has 29 heavy (non-hydrogen) atoms. The van der Waals surface area contributed by atoms with Crippen LogP contribution in [0.5, 0.6) is 0 Å². The van der Waals surface area contributed by atoms with E-state index in [1.807, 2.05) is 13.8 Å². The molecule has 0 radical (unpaired) electrons. The van der Waals surface area contributed by atoms with Gasteiger partial charge in [-0.25, -0.2) is 17.6 Å². The summed E-state index contributed by atoms with van der Waals surface area (Å²) in [6.07, 6.45) is 2.79. The van der Waals surface area contributed by atoms with Crippen molar-refractivity contribution in [1.29, 1.82) is 0 Å². The van der Waals surface area contributed by atoms with Gasteiger partial charge in [-0.15, -0.1) is 0 Å². The predicted octanol–water partition coefficient (Wildman–Crippen LogP) is 2.80. The Morgan fingerprint density at radius 2 is 1.76 bits per heavy atom. The van der Waals surface area contributed by atoms with Gasteiger partial charge in [0.15, 0.2) is 6.61 Å². The maximum absolute atomic E-state index is 14.2. The van der Waals surface area contributed by atoms with E-state index >= 15 is 0 Å². The molecule has 1 saturated heterocycles. The Hall–Kier alpha value is -2.00. The van der Waals surface area contributed by atoms with Gasteiger partial charge in [0.2, 0.25) is 10.0 Å². The number of benzene rings is 1. The van der Waals surface area contributed by atoms with Crippen molar-refractivity contribution in [3.63, 3.8) is 0 Å². The van der Waals surface area contributed by atoms with Crippen molar-refractivity contribution in [1.82, 2.24) is 9.21 Å².